The fourth-order valence-electron chi connectivity index (χ4n) is 3.03. The van der Waals surface area contributed by atoms with Crippen molar-refractivity contribution in [3.05, 3.63) is 28.5 Å². The molecule has 0 aromatic carbocycles. The molecular formula is C18H25BrN2O5. The average molecular weight is 429 g/mol. The number of rotatable bonds is 4. The highest BCUT2D eigenvalue weighted by Crippen LogP contribution is 2.39. The van der Waals surface area contributed by atoms with Crippen molar-refractivity contribution >= 4 is 28.0 Å². The first-order valence-electron chi connectivity index (χ1n) is 8.58. The highest BCUT2D eigenvalue weighted by molar-refractivity contribution is 9.10. The van der Waals surface area contributed by atoms with Crippen LogP contribution >= 0.6 is 15.9 Å². The maximum atomic E-state index is 12.4. The summed E-state index contributed by atoms with van der Waals surface area (Å²) in [5.41, 5.74) is -0.582. The molecule has 0 saturated carbocycles. The molecule has 7 nitrogen and oxygen atoms in total. The molecule has 8 heteroatoms. The van der Waals surface area contributed by atoms with Gasteiger partial charge in [-0.2, -0.15) is 0 Å². The lowest BCUT2D eigenvalue weighted by atomic mass is 9.87. The SMILES string of the molecule is CC(C)(C)OC(=O)N1CCCC(OCC(=O)O)(c2cccnc2Br)CC1. The van der Waals surface area contributed by atoms with Crippen LogP contribution in [0.3, 0.4) is 0 Å². The maximum absolute atomic E-state index is 12.4. The van der Waals surface area contributed by atoms with Crippen molar-refractivity contribution in [2.45, 2.75) is 51.2 Å². The van der Waals surface area contributed by atoms with Gasteiger partial charge in [-0.15, -0.1) is 0 Å². The van der Waals surface area contributed by atoms with Crippen molar-refractivity contribution in [3.8, 4) is 0 Å². The predicted molar refractivity (Wildman–Crippen MR) is 98.9 cm³/mol. The number of hydrogen-bond donors (Lipinski definition) is 1. The van der Waals surface area contributed by atoms with Crippen molar-refractivity contribution in [1.29, 1.82) is 0 Å². The second-order valence-electron chi connectivity index (χ2n) is 7.34. The van der Waals surface area contributed by atoms with Crippen LogP contribution in [0.25, 0.3) is 0 Å². The molecule has 1 N–H and O–H groups in total. The summed E-state index contributed by atoms with van der Waals surface area (Å²) in [5, 5.41) is 9.08. The Balaban J connectivity index is 2.23. The van der Waals surface area contributed by atoms with Crippen LogP contribution in [-0.2, 0) is 19.9 Å². The van der Waals surface area contributed by atoms with Crippen LogP contribution < -0.4 is 0 Å². The first kappa shape index (κ1) is 20.6. The van der Waals surface area contributed by atoms with Gasteiger partial charge in [-0.1, -0.05) is 6.07 Å². The average Bonchev–Trinajstić information content (AvgIpc) is 2.75. The first-order chi connectivity index (χ1) is 12.1. The molecule has 0 aliphatic carbocycles. The highest BCUT2D eigenvalue weighted by atomic mass is 79.9. The molecule has 2 heterocycles. The number of pyridine rings is 1. The van der Waals surface area contributed by atoms with E-state index < -0.39 is 23.8 Å². The molecule has 0 radical (unpaired) electrons. The lowest BCUT2D eigenvalue weighted by molar-refractivity contribution is -0.152. The minimum atomic E-state index is -1.03. The Bertz CT molecular complexity index is 661. The van der Waals surface area contributed by atoms with E-state index in [9.17, 15) is 9.59 Å². The Morgan fingerprint density at radius 3 is 2.69 bits per heavy atom. The minimum absolute atomic E-state index is 0.364. The molecule has 144 valence electrons. The van der Waals surface area contributed by atoms with Gasteiger partial charge in [0.1, 0.15) is 16.8 Å². The van der Waals surface area contributed by atoms with E-state index in [1.54, 1.807) is 17.2 Å². The van der Waals surface area contributed by atoms with Gasteiger partial charge in [-0.25, -0.2) is 14.6 Å². The Morgan fingerprint density at radius 2 is 2.08 bits per heavy atom. The zero-order chi connectivity index (χ0) is 19.4. The Labute approximate surface area is 161 Å². The summed E-state index contributed by atoms with van der Waals surface area (Å²) in [6.45, 7) is 6.02. The van der Waals surface area contributed by atoms with Gasteiger partial charge in [-0.3, -0.25) is 0 Å². The number of aliphatic carboxylic acids is 1. The summed E-state index contributed by atoms with van der Waals surface area (Å²) in [4.78, 5) is 29.4. The Hall–Kier alpha value is -1.67. The number of carbonyl (C=O) groups is 2. The molecule has 1 aliphatic heterocycles. The normalized spacial score (nSPS) is 21.2. The summed E-state index contributed by atoms with van der Waals surface area (Å²) in [5.74, 6) is -1.03. The number of carboxylic acids is 1. The van der Waals surface area contributed by atoms with Crippen LogP contribution in [0.15, 0.2) is 22.9 Å². The van der Waals surface area contributed by atoms with Gasteiger partial charge in [0.15, 0.2) is 0 Å². The van der Waals surface area contributed by atoms with E-state index in [1.165, 1.54) is 0 Å². The van der Waals surface area contributed by atoms with E-state index in [4.69, 9.17) is 14.6 Å². The second kappa shape index (κ2) is 8.35. The van der Waals surface area contributed by atoms with E-state index in [1.807, 2.05) is 26.8 Å². The largest absolute Gasteiger partial charge is 0.480 e. The lowest BCUT2D eigenvalue weighted by Gasteiger charge is -2.33. The van der Waals surface area contributed by atoms with Gasteiger partial charge in [0.25, 0.3) is 0 Å². The molecule has 1 aromatic rings. The fraction of sp³-hybridized carbons (Fsp3) is 0.611. The first-order valence-corrected chi connectivity index (χ1v) is 9.37. The summed E-state index contributed by atoms with van der Waals surface area (Å²) < 4.78 is 11.9. The fourth-order valence-corrected chi connectivity index (χ4v) is 3.65. The van der Waals surface area contributed by atoms with Crippen molar-refractivity contribution in [1.82, 2.24) is 9.88 Å². The number of carboxylic acid groups (broad SMARTS) is 1. The molecular weight excluding hydrogens is 404 g/mol. The number of halogens is 1. The Morgan fingerprint density at radius 1 is 1.35 bits per heavy atom. The molecule has 1 aliphatic rings. The van der Waals surface area contributed by atoms with Crippen molar-refractivity contribution in [2.75, 3.05) is 19.7 Å². The molecule has 2 rings (SSSR count). The molecule has 1 saturated heterocycles. The van der Waals surface area contributed by atoms with Gasteiger partial charge in [0, 0.05) is 24.8 Å². The third-order valence-corrected chi connectivity index (χ3v) is 4.80. The molecule has 1 atom stereocenters. The van der Waals surface area contributed by atoms with Crippen LogP contribution in [0.5, 0.6) is 0 Å². The predicted octanol–water partition coefficient (Wildman–Crippen LogP) is 3.56. The van der Waals surface area contributed by atoms with E-state index in [-0.39, 0.29) is 6.09 Å². The number of likely N-dealkylation sites (tertiary alicyclic amines) is 1. The number of amides is 1. The highest BCUT2D eigenvalue weighted by Gasteiger charge is 2.39. The molecule has 1 amide bonds. The number of nitrogens with zero attached hydrogens (tertiary/aromatic N) is 2. The minimum Gasteiger partial charge on any atom is -0.480 e. The van der Waals surface area contributed by atoms with Crippen molar-refractivity contribution in [2.24, 2.45) is 0 Å². The molecule has 1 aromatic heterocycles. The van der Waals surface area contributed by atoms with Crippen LogP contribution in [-0.4, -0.2) is 52.4 Å². The van der Waals surface area contributed by atoms with Gasteiger partial charge in [-0.05, 0) is 62.0 Å². The van der Waals surface area contributed by atoms with Gasteiger partial charge in [0.2, 0.25) is 0 Å². The van der Waals surface area contributed by atoms with Crippen LogP contribution in [0.2, 0.25) is 0 Å². The zero-order valence-electron chi connectivity index (χ0n) is 15.3. The second-order valence-corrected chi connectivity index (χ2v) is 8.09. The van der Waals surface area contributed by atoms with Gasteiger partial charge >= 0.3 is 12.1 Å². The van der Waals surface area contributed by atoms with Crippen LogP contribution in [0.4, 0.5) is 4.79 Å². The molecule has 26 heavy (non-hydrogen) atoms. The monoisotopic (exact) mass is 428 g/mol. The van der Waals surface area contributed by atoms with Crippen molar-refractivity contribution < 1.29 is 24.2 Å². The summed E-state index contributed by atoms with van der Waals surface area (Å²) in [6.07, 6.45) is 3.01. The summed E-state index contributed by atoms with van der Waals surface area (Å²) in [6, 6.07) is 3.67. The van der Waals surface area contributed by atoms with E-state index in [0.717, 1.165) is 5.56 Å². The van der Waals surface area contributed by atoms with Gasteiger partial charge < -0.3 is 19.5 Å². The van der Waals surface area contributed by atoms with Crippen LogP contribution in [0.1, 0.15) is 45.6 Å². The quantitative estimate of drug-likeness (QED) is 0.737. The number of hydrogen-bond acceptors (Lipinski definition) is 5. The molecule has 1 unspecified atom stereocenters. The zero-order valence-corrected chi connectivity index (χ0v) is 16.9. The molecule has 0 bridgehead atoms. The Kier molecular flexibility index (Phi) is 6.63. The molecule has 1 fully saturated rings. The summed E-state index contributed by atoms with van der Waals surface area (Å²) >= 11 is 3.44. The maximum Gasteiger partial charge on any atom is 0.410 e. The van der Waals surface area contributed by atoms with E-state index >= 15 is 0 Å². The number of carbonyl (C=O) groups excluding carboxylic acids is 1. The number of ether oxygens (including phenoxy) is 2. The van der Waals surface area contributed by atoms with E-state index in [0.29, 0.717) is 37.0 Å². The van der Waals surface area contributed by atoms with E-state index in [2.05, 4.69) is 20.9 Å². The third kappa shape index (κ3) is 5.41. The lowest BCUT2D eigenvalue weighted by Crippen LogP contribution is -2.39. The van der Waals surface area contributed by atoms with Gasteiger partial charge in [0.05, 0.1) is 5.60 Å². The standard InChI is InChI=1S/C18H25BrN2O5/c1-17(2,3)26-16(24)21-10-5-7-18(8-11-21,25-12-14(22)23)13-6-4-9-20-15(13)19/h4,6,9H,5,7-8,10-12H2,1-3H3,(H,22,23). The third-order valence-electron chi connectivity index (χ3n) is 4.17. The smallest absolute Gasteiger partial charge is 0.410 e. The van der Waals surface area contributed by atoms with Crippen molar-refractivity contribution in [3.63, 3.8) is 0 Å². The van der Waals surface area contributed by atoms with Crippen LogP contribution in [0, 0.1) is 0 Å². The number of aromatic nitrogens is 1. The molecule has 0 spiro atoms. The topological polar surface area (TPSA) is 89.0 Å². The summed E-state index contributed by atoms with van der Waals surface area (Å²) in [7, 11) is 0.